The van der Waals surface area contributed by atoms with Gasteiger partial charge < -0.3 is 5.73 Å². The third-order valence-corrected chi connectivity index (χ3v) is 3.49. The van der Waals surface area contributed by atoms with Crippen molar-refractivity contribution in [2.45, 2.75) is 32.2 Å². The van der Waals surface area contributed by atoms with E-state index >= 15 is 0 Å². The summed E-state index contributed by atoms with van der Waals surface area (Å²) in [6.07, 6.45) is 1.61. The summed E-state index contributed by atoms with van der Waals surface area (Å²) in [5.41, 5.74) is 5.75. The van der Waals surface area contributed by atoms with Gasteiger partial charge in [-0.2, -0.15) is 0 Å². The minimum atomic E-state index is -0.753. The van der Waals surface area contributed by atoms with Crippen LogP contribution in [0.4, 0.5) is 0 Å². The lowest BCUT2D eigenvalue weighted by atomic mass is 9.86. The van der Waals surface area contributed by atoms with Crippen molar-refractivity contribution in [3.63, 3.8) is 0 Å². The Bertz CT molecular complexity index is 378. The highest BCUT2D eigenvalue weighted by Gasteiger charge is 2.35. The summed E-state index contributed by atoms with van der Waals surface area (Å²) in [5.74, 6) is -0.323. The number of nitrogens with two attached hydrogens (primary N) is 1. The highest BCUT2D eigenvalue weighted by molar-refractivity contribution is 9.10. The van der Waals surface area contributed by atoms with E-state index in [4.69, 9.17) is 5.73 Å². The van der Waals surface area contributed by atoms with Crippen molar-refractivity contribution in [3.8, 4) is 0 Å². The van der Waals surface area contributed by atoms with Gasteiger partial charge >= 0.3 is 0 Å². The molecule has 3 N–H and O–H groups in total. The Morgan fingerprint density at radius 3 is 2.35 bits per heavy atom. The predicted molar refractivity (Wildman–Crippen MR) is 73.6 cm³/mol. The fourth-order valence-electron chi connectivity index (χ4n) is 1.91. The highest BCUT2D eigenvalue weighted by atomic mass is 79.9. The lowest BCUT2D eigenvalue weighted by molar-refractivity contribution is -0.125. The normalized spacial score (nSPS) is 14.3. The molecular formula is C13H19BrN2O. The Balaban J connectivity index is 3.12. The van der Waals surface area contributed by atoms with E-state index in [-0.39, 0.29) is 5.91 Å². The van der Waals surface area contributed by atoms with Crippen molar-refractivity contribution in [2.75, 3.05) is 6.54 Å². The van der Waals surface area contributed by atoms with Crippen molar-refractivity contribution >= 4 is 21.8 Å². The van der Waals surface area contributed by atoms with Crippen molar-refractivity contribution in [1.29, 1.82) is 0 Å². The van der Waals surface area contributed by atoms with Gasteiger partial charge in [0.2, 0.25) is 5.91 Å². The molecule has 0 aliphatic carbocycles. The van der Waals surface area contributed by atoms with Crippen molar-refractivity contribution in [2.24, 2.45) is 5.73 Å². The van der Waals surface area contributed by atoms with Gasteiger partial charge in [-0.15, -0.1) is 0 Å². The standard InChI is InChI=1S/C13H19BrN2O/c1-3-9-16-13(4-2,12(15)17)10-5-7-11(14)8-6-10/h5-8,16H,3-4,9H2,1-2H3,(H2,15,17). The summed E-state index contributed by atoms with van der Waals surface area (Å²) in [4.78, 5) is 11.8. The largest absolute Gasteiger partial charge is 0.368 e. The van der Waals surface area contributed by atoms with Crippen LogP contribution in [0.15, 0.2) is 28.7 Å². The Hall–Kier alpha value is -0.870. The van der Waals surface area contributed by atoms with E-state index < -0.39 is 5.54 Å². The molecule has 3 nitrogen and oxygen atoms in total. The molecule has 17 heavy (non-hydrogen) atoms. The van der Waals surface area contributed by atoms with Crippen molar-refractivity contribution in [1.82, 2.24) is 5.32 Å². The van der Waals surface area contributed by atoms with E-state index in [0.29, 0.717) is 6.42 Å². The molecule has 1 atom stereocenters. The van der Waals surface area contributed by atoms with Gasteiger partial charge in [0.05, 0.1) is 0 Å². The minimum Gasteiger partial charge on any atom is -0.368 e. The maximum atomic E-state index is 11.8. The zero-order valence-electron chi connectivity index (χ0n) is 10.3. The van der Waals surface area contributed by atoms with Crippen LogP contribution in [-0.4, -0.2) is 12.5 Å². The van der Waals surface area contributed by atoms with Crippen molar-refractivity contribution < 1.29 is 4.79 Å². The van der Waals surface area contributed by atoms with Crippen molar-refractivity contribution in [3.05, 3.63) is 34.3 Å². The van der Waals surface area contributed by atoms with E-state index in [0.717, 1.165) is 23.0 Å². The fraction of sp³-hybridized carbons (Fsp3) is 0.462. The number of amides is 1. The third-order valence-electron chi connectivity index (χ3n) is 2.96. The first-order valence-corrected chi connectivity index (χ1v) is 6.67. The van der Waals surface area contributed by atoms with Crippen LogP contribution >= 0.6 is 15.9 Å². The number of carbonyl (C=O) groups excluding carboxylic acids is 1. The second-order valence-corrected chi connectivity index (χ2v) is 4.97. The molecule has 0 bridgehead atoms. The monoisotopic (exact) mass is 298 g/mol. The molecule has 1 aromatic rings. The molecule has 0 aliphatic heterocycles. The van der Waals surface area contributed by atoms with Gasteiger partial charge in [-0.3, -0.25) is 10.1 Å². The Morgan fingerprint density at radius 2 is 1.94 bits per heavy atom. The SMILES string of the molecule is CCCNC(CC)(C(N)=O)c1ccc(Br)cc1. The molecule has 1 amide bonds. The molecule has 0 aromatic heterocycles. The number of nitrogens with one attached hydrogen (secondary N) is 1. The van der Waals surface area contributed by atoms with Gasteiger partial charge in [0.15, 0.2) is 0 Å². The van der Waals surface area contributed by atoms with Crippen LogP contribution in [0.3, 0.4) is 0 Å². The van der Waals surface area contributed by atoms with Crippen LogP contribution in [0, 0.1) is 0 Å². The van der Waals surface area contributed by atoms with Gasteiger partial charge in [-0.1, -0.05) is 41.9 Å². The van der Waals surface area contributed by atoms with Crippen LogP contribution in [0.2, 0.25) is 0 Å². The van der Waals surface area contributed by atoms with E-state index in [1.165, 1.54) is 0 Å². The average molecular weight is 299 g/mol. The van der Waals surface area contributed by atoms with Gasteiger partial charge in [-0.25, -0.2) is 0 Å². The van der Waals surface area contributed by atoms with E-state index in [9.17, 15) is 4.79 Å². The molecule has 94 valence electrons. The first kappa shape index (κ1) is 14.2. The lowest BCUT2D eigenvalue weighted by Gasteiger charge is -2.31. The highest BCUT2D eigenvalue weighted by Crippen LogP contribution is 2.26. The molecule has 0 fully saturated rings. The smallest absolute Gasteiger partial charge is 0.242 e. The molecule has 1 unspecified atom stereocenters. The number of halogens is 1. The second kappa shape index (κ2) is 6.17. The molecule has 0 radical (unpaired) electrons. The van der Waals surface area contributed by atoms with E-state index in [2.05, 4.69) is 28.2 Å². The summed E-state index contributed by atoms with van der Waals surface area (Å²) < 4.78 is 0.992. The summed E-state index contributed by atoms with van der Waals surface area (Å²) >= 11 is 3.39. The number of benzene rings is 1. The Kier molecular flexibility index (Phi) is 5.15. The Labute approximate surface area is 111 Å². The molecule has 0 aliphatic rings. The van der Waals surface area contributed by atoms with Gasteiger partial charge in [0, 0.05) is 4.47 Å². The van der Waals surface area contributed by atoms with Crippen LogP contribution in [0.5, 0.6) is 0 Å². The maximum Gasteiger partial charge on any atom is 0.242 e. The summed E-state index contributed by atoms with van der Waals surface area (Å²) in [5, 5.41) is 3.28. The van der Waals surface area contributed by atoms with Gasteiger partial charge in [-0.05, 0) is 37.1 Å². The number of carbonyl (C=O) groups is 1. The number of hydrogen-bond donors (Lipinski definition) is 2. The zero-order chi connectivity index (χ0) is 12.9. The lowest BCUT2D eigenvalue weighted by Crippen LogP contribution is -2.52. The molecule has 4 heteroatoms. The summed E-state index contributed by atoms with van der Waals surface area (Å²) in [6, 6.07) is 7.72. The first-order chi connectivity index (χ1) is 8.06. The van der Waals surface area contributed by atoms with Gasteiger partial charge in [0.1, 0.15) is 5.54 Å². The van der Waals surface area contributed by atoms with Gasteiger partial charge in [0.25, 0.3) is 0 Å². The Morgan fingerprint density at radius 1 is 1.35 bits per heavy atom. The van der Waals surface area contributed by atoms with Crippen LogP contribution < -0.4 is 11.1 Å². The molecule has 0 saturated carbocycles. The molecule has 1 aromatic carbocycles. The van der Waals surface area contributed by atoms with Crippen LogP contribution in [0.1, 0.15) is 32.3 Å². The second-order valence-electron chi connectivity index (χ2n) is 4.06. The fourth-order valence-corrected chi connectivity index (χ4v) is 2.17. The molecular weight excluding hydrogens is 280 g/mol. The predicted octanol–water partition coefficient (Wildman–Crippen LogP) is 2.54. The number of primary amides is 1. The number of hydrogen-bond acceptors (Lipinski definition) is 2. The minimum absolute atomic E-state index is 0.323. The average Bonchev–Trinajstić information content (AvgIpc) is 2.32. The summed E-state index contributed by atoms with van der Waals surface area (Å²) in [6.45, 7) is 4.80. The van der Waals surface area contributed by atoms with Crippen LogP contribution in [0.25, 0.3) is 0 Å². The topological polar surface area (TPSA) is 55.1 Å². The molecule has 0 saturated heterocycles. The maximum absolute atomic E-state index is 11.8. The quantitative estimate of drug-likeness (QED) is 0.848. The third kappa shape index (κ3) is 3.07. The summed E-state index contributed by atoms with van der Waals surface area (Å²) in [7, 11) is 0. The molecule has 0 spiro atoms. The molecule has 1 rings (SSSR count). The molecule has 0 heterocycles. The zero-order valence-corrected chi connectivity index (χ0v) is 11.9. The van der Waals surface area contributed by atoms with Crippen LogP contribution in [-0.2, 0) is 10.3 Å². The number of rotatable bonds is 6. The van der Waals surface area contributed by atoms with E-state index in [1.54, 1.807) is 0 Å². The van der Waals surface area contributed by atoms with E-state index in [1.807, 2.05) is 31.2 Å². The first-order valence-electron chi connectivity index (χ1n) is 5.87.